The van der Waals surface area contributed by atoms with Crippen LogP contribution >= 0.6 is 11.6 Å². The monoisotopic (exact) mass is 318 g/mol. The van der Waals surface area contributed by atoms with E-state index in [0.717, 1.165) is 12.1 Å². The molecule has 0 saturated carbocycles. The largest absolute Gasteiger partial charge is 0.397 e. The van der Waals surface area contributed by atoms with Crippen LogP contribution in [0.2, 0.25) is 5.02 Å². The van der Waals surface area contributed by atoms with E-state index in [0.29, 0.717) is 6.07 Å². The number of rotatable bonds is 3. The average Bonchev–Trinajstić information content (AvgIpc) is 2.37. The smallest absolute Gasteiger partial charge is 0.265 e. The Morgan fingerprint density at radius 1 is 1.15 bits per heavy atom. The fourth-order valence-corrected chi connectivity index (χ4v) is 3.01. The van der Waals surface area contributed by atoms with Crippen molar-refractivity contribution < 1.29 is 17.2 Å². The van der Waals surface area contributed by atoms with Crippen LogP contribution in [0.5, 0.6) is 0 Å². The molecular formula is C12H9ClF2N2O2S. The number of anilines is 2. The number of hydrogen-bond donors (Lipinski definition) is 2. The van der Waals surface area contributed by atoms with E-state index in [2.05, 4.69) is 0 Å². The van der Waals surface area contributed by atoms with Crippen molar-refractivity contribution in [2.45, 2.75) is 4.90 Å². The van der Waals surface area contributed by atoms with E-state index in [9.17, 15) is 17.2 Å². The standard InChI is InChI=1S/C12H9ClF2N2O2S/c13-8-2-1-3-10(16)12(8)17-20(18,19)11-6-7(14)4-5-9(11)15/h1-6,17H,16H2. The number of sulfonamides is 1. The van der Waals surface area contributed by atoms with E-state index in [1.165, 1.54) is 18.2 Å². The molecule has 0 unspecified atom stereocenters. The van der Waals surface area contributed by atoms with Gasteiger partial charge in [0.1, 0.15) is 16.5 Å². The van der Waals surface area contributed by atoms with E-state index in [-0.39, 0.29) is 16.4 Å². The fraction of sp³-hybridized carbons (Fsp3) is 0. The van der Waals surface area contributed by atoms with Crippen LogP contribution in [0.25, 0.3) is 0 Å². The number of nitrogen functional groups attached to an aromatic ring is 1. The molecule has 0 fully saturated rings. The van der Waals surface area contributed by atoms with Crippen LogP contribution in [0.15, 0.2) is 41.3 Å². The summed E-state index contributed by atoms with van der Waals surface area (Å²) in [7, 11) is -4.34. The van der Waals surface area contributed by atoms with Crippen LogP contribution in [0.1, 0.15) is 0 Å². The lowest BCUT2D eigenvalue weighted by atomic mass is 10.3. The summed E-state index contributed by atoms with van der Waals surface area (Å²) in [5, 5.41) is 0.0467. The molecule has 0 aliphatic rings. The van der Waals surface area contributed by atoms with E-state index in [4.69, 9.17) is 17.3 Å². The zero-order valence-electron chi connectivity index (χ0n) is 9.90. The fourth-order valence-electron chi connectivity index (χ4n) is 1.52. The summed E-state index contributed by atoms with van der Waals surface area (Å²) in [5.74, 6) is -1.96. The van der Waals surface area contributed by atoms with Gasteiger partial charge in [-0.15, -0.1) is 0 Å². The molecule has 0 aliphatic heterocycles. The molecule has 0 radical (unpaired) electrons. The van der Waals surface area contributed by atoms with Crippen molar-refractivity contribution in [1.82, 2.24) is 0 Å². The van der Waals surface area contributed by atoms with Gasteiger partial charge in [-0.1, -0.05) is 17.7 Å². The lowest BCUT2D eigenvalue weighted by Gasteiger charge is -2.12. The van der Waals surface area contributed by atoms with E-state index in [1.54, 1.807) is 0 Å². The third-order valence-electron chi connectivity index (χ3n) is 2.47. The first-order chi connectivity index (χ1) is 9.31. The maximum Gasteiger partial charge on any atom is 0.265 e. The van der Waals surface area contributed by atoms with E-state index >= 15 is 0 Å². The van der Waals surface area contributed by atoms with Crippen molar-refractivity contribution in [3.63, 3.8) is 0 Å². The summed E-state index contributed by atoms with van der Waals surface area (Å²) in [4.78, 5) is -0.822. The minimum atomic E-state index is -4.34. The minimum Gasteiger partial charge on any atom is -0.397 e. The van der Waals surface area contributed by atoms with Crippen LogP contribution in [-0.2, 0) is 10.0 Å². The molecule has 20 heavy (non-hydrogen) atoms. The van der Waals surface area contributed by atoms with Crippen LogP contribution in [0, 0.1) is 11.6 Å². The molecule has 0 aromatic heterocycles. The second-order valence-corrected chi connectivity index (χ2v) is 5.94. The number of nitrogens with two attached hydrogens (primary N) is 1. The second kappa shape index (κ2) is 5.26. The highest BCUT2D eigenvalue weighted by atomic mass is 35.5. The van der Waals surface area contributed by atoms with Crippen molar-refractivity contribution in [2.75, 3.05) is 10.5 Å². The van der Waals surface area contributed by atoms with Crippen LogP contribution in [0.4, 0.5) is 20.2 Å². The first-order valence-corrected chi connectivity index (χ1v) is 7.19. The summed E-state index contributed by atoms with van der Waals surface area (Å²) in [6.45, 7) is 0. The van der Waals surface area contributed by atoms with Gasteiger partial charge in [-0.2, -0.15) is 0 Å². The van der Waals surface area contributed by atoms with Crippen molar-refractivity contribution in [3.8, 4) is 0 Å². The molecule has 106 valence electrons. The normalized spacial score (nSPS) is 11.3. The van der Waals surface area contributed by atoms with Gasteiger partial charge in [0, 0.05) is 0 Å². The molecule has 0 spiro atoms. The highest BCUT2D eigenvalue weighted by Gasteiger charge is 2.22. The summed E-state index contributed by atoms with van der Waals surface area (Å²) in [5.41, 5.74) is 5.58. The predicted octanol–water partition coefficient (Wildman–Crippen LogP) is 3.00. The molecule has 0 amide bonds. The Kier molecular flexibility index (Phi) is 3.82. The molecule has 0 aliphatic carbocycles. The first kappa shape index (κ1) is 14.5. The van der Waals surface area contributed by atoms with Gasteiger partial charge in [0.15, 0.2) is 0 Å². The Labute approximate surface area is 119 Å². The summed E-state index contributed by atoms with van der Waals surface area (Å²) in [6.07, 6.45) is 0. The van der Waals surface area contributed by atoms with Gasteiger partial charge in [-0.05, 0) is 30.3 Å². The highest BCUT2D eigenvalue weighted by Crippen LogP contribution is 2.30. The Balaban J connectivity index is 2.49. The highest BCUT2D eigenvalue weighted by molar-refractivity contribution is 7.92. The van der Waals surface area contributed by atoms with Crippen LogP contribution in [0.3, 0.4) is 0 Å². The predicted molar refractivity (Wildman–Crippen MR) is 73.0 cm³/mol. The third kappa shape index (κ3) is 2.83. The van der Waals surface area contributed by atoms with Crippen molar-refractivity contribution in [1.29, 1.82) is 0 Å². The number of para-hydroxylation sites is 1. The molecule has 8 heteroatoms. The Morgan fingerprint density at radius 3 is 2.50 bits per heavy atom. The maximum absolute atomic E-state index is 13.5. The van der Waals surface area contributed by atoms with E-state index < -0.39 is 26.6 Å². The van der Waals surface area contributed by atoms with Gasteiger partial charge in [0.25, 0.3) is 10.0 Å². The van der Waals surface area contributed by atoms with Crippen molar-refractivity contribution in [3.05, 3.63) is 53.1 Å². The zero-order chi connectivity index (χ0) is 14.9. The van der Waals surface area contributed by atoms with Gasteiger partial charge < -0.3 is 5.73 Å². The Bertz CT molecular complexity index is 746. The van der Waals surface area contributed by atoms with E-state index in [1.807, 2.05) is 4.72 Å². The first-order valence-electron chi connectivity index (χ1n) is 5.33. The number of hydrogen-bond acceptors (Lipinski definition) is 3. The minimum absolute atomic E-state index is 0.0467. The van der Waals surface area contributed by atoms with Crippen LogP contribution < -0.4 is 10.5 Å². The van der Waals surface area contributed by atoms with Crippen molar-refractivity contribution in [2.24, 2.45) is 0 Å². The molecule has 0 saturated heterocycles. The summed E-state index contributed by atoms with van der Waals surface area (Å²) >= 11 is 5.82. The third-order valence-corrected chi connectivity index (χ3v) is 4.14. The van der Waals surface area contributed by atoms with Gasteiger partial charge in [0.2, 0.25) is 0 Å². The topological polar surface area (TPSA) is 72.2 Å². The molecule has 2 aromatic rings. The summed E-state index contributed by atoms with van der Waals surface area (Å²) in [6, 6.07) is 6.48. The van der Waals surface area contributed by atoms with Crippen molar-refractivity contribution >= 4 is 33.0 Å². The Morgan fingerprint density at radius 2 is 1.85 bits per heavy atom. The summed E-state index contributed by atoms with van der Waals surface area (Å²) < 4.78 is 52.7. The molecule has 0 heterocycles. The average molecular weight is 319 g/mol. The van der Waals surface area contributed by atoms with Gasteiger partial charge in [-0.3, -0.25) is 4.72 Å². The lowest BCUT2D eigenvalue weighted by molar-refractivity contribution is 0.555. The SMILES string of the molecule is Nc1cccc(Cl)c1NS(=O)(=O)c1cc(F)ccc1F. The molecule has 2 rings (SSSR count). The molecule has 4 nitrogen and oxygen atoms in total. The number of benzene rings is 2. The molecule has 0 atom stereocenters. The molecule has 3 N–H and O–H groups in total. The van der Waals surface area contributed by atoms with Gasteiger partial charge >= 0.3 is 0 Å². The second-order valence-electron chi connectivity index (χ2n) is 3.88. The quantitative estimate of drug-likeness (QED) is 0.854. The number of nitrogens with one attached hydrogen (secondary N) is 1. The Hall–Kier alpha value is -1.86. The van der Waals surface area contributed by atoms with Gasteiger partial charge in [-0.25, -0.2) is 17.2 Å². The number of halogens is 3. The molecular weight excluding hydrogens is 310 g/mol. The zero-order valence-corrected chi connectivity index (χ0v) is 11.5. The molecule has 0 bridgehead atoms. The van der Waals surface area contributed by atoms with Crippen LogP contribution in [-0.4, -0.2) is 8.42 Å². The molecule has 2 aromatic carbocycles. The lowest BCUT2D eigenvalue weighted by Crippen LogP contribution is -2.16. The maximum atomic E-state index is 13.5. The van der Waals surface area contributed by atoms with Gasteiger partial charge in [0.05, 0.1) is 16.4 Å².